The summed E-state index contributed by atoms with van der Waals surface area (Å²) in [6.07, 6.45) is 2.50. The Morgan fingerprint density at radius 2 is 2.04 bits per heavy atom. The Hall–Kier alpha value is -2.65. The number of aryl methyl sites for hydroxylation is 1. The van der Waals surface area contributed by atoms with Crippen molar-refractivity contribution in [3.8, 4) is 6.07 Å². The normalized spacial score (nSPS) is 22.4. The van der Waals surface area contributed by atoms with Crippen LogP contribution in [0.2, 0.25) is 0 Å². The van der Waals surface area contributed by atoms with Crippen molar-refractivity contribution in [2.45, 2.75) is 31.3 Å². The van der Waals surface area contributed by atoms with Gasteiger partial charge >= 0.3 is 6.03 Å². The summed E-state index contributed by atoms with van der Waals surface area (Å²) < 4.78 is 0. The number of imide groups is 1. The third-order valence-corrected chi connectivity index (χ3v) is 5.74. The lowest BCUT2D eigenvalue weighted by Gasteiger charge is -2.31. The summed E-state index contributed by atoms with van der Waals surface area (Å²) in [5.41, 5.74) is 1.45. The molecule has 4 rings (SSSR count). The molecule has 0 saturated carbocycles. The molecule has 120 valence electrons. The Morgan fingerprint density at radius 1 is 1.25 bits per heavy atom. The number of amides is 3. The number of nitriles is 1. The number of fused-ring (bicyclic) bond motifs is 2. The number of nitrogens with one attached hydrogen (secondary N) is 1. The highest BCUT2D eigenvalue weighted by atomic mass is 32.1. The molecular weight excluding hydrogens is 322 g/mol. The molecule has 5 nitrogen and oxygen atoms in total. The van der Waals surface area contributed by atoms with Crippen LogP contribution in [0.3, 0.4) is 0 Å². The second-order valence-electron chi connectivity index (χ2n) is 6.15. The molecule has 2 aromatic rings. The molecule has 0 bridgehead atoms. The lowest BCUT2D eigenvalue weighted by molar-refractivity contribution is -0.132. The molecular formula is C18H15N3O2S. The van der Waals surface area contributed by atoms with Crippen LogP contribution in [0, 0.1) is 11.3 Å². The first-order valence-electron chi connectivity index (χ1n) is 7.84. The van der Waals surface area contributed by atoms with Crippen LogP contribution in [0.25, 0.3) is 0 Å². The van der Waals surface area contributed by atoms with E-state index in [0.717, 1.165) is 24.0 Å². The highest BCUT2D eigenvalue weighted by Gasteiger charge is 2.54. The van der Waals surface area contributed by atoms with E-state index in [1.807, 2.05) is 11.4 Å². The van der Waals surface area contributed by atoms with Gasteiger partial charge in [-0.3, -0.25) is 9.69 Å². The first-order valence-corrected chi connectivity index (χ1v) is 8.72. The Morgan fingerprint density at radius 3 is 2.79 bits per heavy atom. The molecule has 1 atom stereocenters. The summed E-state index contributed by atoms with van der Waals surface area (Å²) in [7, 11) is 0. The minimum absolute atomic E-state index is 0.170. The van der Waals surface area contributed by atoms with Gasteiger partial charge in [0, 0.05) is 10.4 Å². The standard InChI is InChI=1S/C18H15N3O2S/c19-10-12-3-5-13(6-4-12)11-21-16(22)18(20-17(21)23)8-1-2-15-14(18)7-9-24-15/h3-7,9H,1-2,8,11H2,(H,20,23). The van der Waals surface area contributed by atoms with E-state index in [0.29, 0.717) is 12.0 Å². The van der Waals surface area contributed by atoms with Gasteiger partial charge in [-0.1, -0.05) is 12.1 Å². The minimum atomic E-state index is -0.892. The van der Waals surface area contributed by atoms with Crippen molar-refractivity contribution in [1.82, 2.24) is 10.2 Å². The lowest BCUT2D eigenvalue weighted by atomic mass is 9.80. The number of benzene rings is 1. The predicted octanol–water partition coefficient (Wildman–Crippen LogP) is 2.90. The van der Waals surface area contributed by atoms with E-state index >= 15 is 0 Å². The first-order chi connectivity index (χ1) is 11.6. The van der Waals surface area contributed by atoms with Crippen LogP contribution in [0.5, 0.6) is 0 Å². The quantitative estimate of drug-likeness (QED) is 0.856. The number of nitrogens with zero attached hydrogens (tertiary/aromatic N) is 2. The highest BCUT2D eigenvalue weighted by molar-refractivity contribution is 7.10. The molecule has 24 heavy (non-hydrogen) atoms. The number of hydrogen-bond acceptors (Lipinski definition) is 4. The molecule has 1 saturated heterocycles. The third-order valence-electron chi connectivity index (χ3n) is 4.76. The molecule has 1 spiro atoms. The van der Waals surface area contributed by atoms with Crippen molar-refractivity contribution in [2.24, 2.45) is 0 Å². The highest BCUT2D eigenvalue weighted by Crippen LogP contribution is 2.42. The Labute approximate surface area is 143 Å². The number of carbonyl (C=O) groups is 2. The van der Waals surface area contributed by atoms with Gasteiger partial charge < -0.3 is 5.32 Å². The topological polar surface area (TPSA) is 73.2 Å². The maximum Gasteiger partial charge on any atom is 0.325 e. The van der Waals surface area contributed by atoms with E-state index in [1.165, 1.54) is 9.78 Å². The third kappa shape index (κ3) is 2.13. The fraction of sp³-hybridized carbons (Fsp3) is 0.278. The van der Waals surface area contributed by atoms with Crippen LogP contribution in [0.1, 0.15) is 34.4 Å². The van der Waals surface area contributed by atoms with E-state index in [2.05, 4.69) is 11.4 Å². The van der Waals surface area contributed by atoms with E-state index in [9.17, 15) is 9.59 Å². The van der Waals surface area contributed by atoms with E-state index in [-0.39, 0.29) is 18.5 Å². The zero-order valence-corrected chi connectivity index (χ0v) is 13.7. The molecule has 3 amide bonds. The largest absolute Gasteiger partial charge is 0.325 e. The first kappa shape index (κ1) is 14.9. The van der Waals surface area contributed by atoms with Gasteiger partial charge in [-0.05, 0) is 48.4 Å². The number of carbonyl (C=O) groups excluding carboxylic acids is 2. The van der Waals surface area contributed by atoms with E-state index < -0.39 is 5.54 Å². The van der Waals surface area contributed by atoms with Crippen LogP contribution in [0.4, 0.5) is 4.79 Å². The van der Waals surface area contributed by atoms with Crippen LogP contribution < -0.4 is 5.32 Å². The summed E-state index contributed by atoms with van der Waals surface area (Å²) in [5, 5.41) is 13.8. The second-order valence-corrected chi connectivity index (χ2v) is 7.15. The summed E-state index contributed by atoms with van der Waals surface area (Å²) in [4.78, 5) is 28.0. The lowest BCUT2D eigenvalue weighted by Crippen LogP contribution is -2.46. The van der Waals surface area contributed by atoms with Crippen LogP contribution in [-0.2, 0) is 23.3 Å². The van der Waals surface area contributed by atoms with Crippen molar-refractivity contribution >= 4 is 23.3 Å². The summed E-state index contributed by atoms with van der Waals surface area (Å²) in [6.45, 7) is 0.220. The Kier molecular flexibility index (Phi) is 3.39. The van der Waals surface area contributed by atoms with Crippen molar-refractivity contribution < 1.29 is 9.59 Å². The van der Waals surface area contributed by atoms with Gasteiger partial charge in [0.25, 0.3) is 5.91 Å². The fourth-order valence-electron chi connectivity index (χ4n) is 3.55. The van der Waals surface area contributed by atoms with Crippen molar-refractivity contribution in [3.63, 3.8) is 0 Å². The van der Waals surface area contributed by atoms with Crippen molar-refractivity contribution in [3.05, 3.63) is 57.3 Å². The van der Waals surface area contributed by atoms with Gasteiger partial charge in [0.2, 0.25) is 0 Å². The maximum absolute atomic E-state index is 13.1. The molecule has 1 unspecified atom stereocenters. The monoisotopic (exact) mass is 337 g/mol. The number of urea groups is 1. The van der Waals surface area contributed by atoms with Crippen LogP contribution >= 0.6 is 11.3 Å². The van der Waals surface area contributed by atoms with E-state index in [4.69, 9.17) is 5.26 Å². The molecule has 6 heteroatoms. The molecule has 1 aliphatic heterocycles. The molecule has 0 radical (unpaired) electrons. The Balaban J connectivity index is 1.64. The average Bonchev–Trinajstić information content (AvgIpc) is 3.16. The van der Waals surface area contributed by atoms with E-state index in [1.54, 1.807) is 35.6 Å². The SMILES string of the molecule is N#Cc1ccc(CN2C(=O)NC3(CCCc4sccc43)C2=O)cc1. The number of thiophene rings is 1. The van der Waals surface area contributed by atoms with Crippen molar-refractivity contribution in [1.29, 1.82) is 5.26 Å². The number of rotatable bonds is 2. The van der Waals surface area contributed by atoms with Gasteiger partial charge in [0.05, 0.1) is 18.2 Å². The van der Waals surface area contributed by atoms with Gasteiger partial charge in [0.15, 0.2) is 0 Å². The number of hydrogen-bond donors (Lipinski definition) is 1. The molecule has 1 aliphatic carbocycles. The zero-order chi connectivity index (χ0) is 16.7. The van der Waals surface area contributed by atoms with Gasteiger partial charge in [-0.2, -0.15) is 5.26 Å². The zero-order valence-electron chi connectivity index (χ0n) is 12.9. The van der Waals surface area contributed by atoms with Gasteiger partial charge in [-0.25, -0.2) is 4.79 Å². The molecule has 1 aromatic carbocycles. The molecule has 1 fully saturated rings. The van der Waals surface area contributed by atoms with Gasteiger partial charge in [0.1, 0.15) is 5.54 Å². The molecule has 1 aromatic heterocycles. The summed E-state index contributed by atoms with van der Waals surface area (Å²) in [5.74, 6) is -0.170. The van der Waals surface area contributed by atoms with Crippen molar-refractivity contribution in [2.75, 3.05) is 0 Å². The smallest absolute Gasteiger partial charge is 0.319 e. The van der Waals surface area contributed by atoms with Crippen LogP contribution in [-0.4, -0.2) is 16.8 Å². The minimum Gasteiger partial charge on any atom is -0.319 e. The molecule has 2 aliphatic rings. The predicted molar refractivity (Wildman–Crippen MR) is 89.2 cm³/mol. The Bertz CT molecular complexity index is 865. The average molecular weight is 337 g/mol. The summed E-state index contributed by atoms with van der Waals surface area (Å²) >= 11 is 1.65. The maximum atomic E-state index is 13.1. The fourth-order valence-corrected chi connectivity index (χ4v) is 4.55. The second kappa shape index (κ2) is 5.46. The van der Waals surface area contributed by atoms with Gasteiger partial charge in [-0.15, -0.1) is 11.3 Å². The van der Waals surface area contributed by atoms with Crippen LogP contribution in [0.15, 0.2) is 35.7 Å². The molecule has 1 N–H and O–H groups in total. The molecule has 2 heterocycles. The summed E-state index contributed by atoms with van der Waals surface area (Å²) in [6, 6.07) is 10.6.